The van der Waals surface area contributed by atoms with E-state index in [1.165, 1.54) is 6.07 Å². The first-order valence-electron chi connectivity index (χ1n) is 5.96. The Bertz CT molecular complexity index is 372. The predicted molar refractivity (Wildman–Crippen MR) is 70.6 cm³/mol. The lowest BCUT2D eigenvalue weighted by Gasteiger charge is -2.32. The largest absolute Gasteiger partial charge is 0.311 e. The van der Waals surface area contributed by atoms with E-state index >= 15 is 0 Å². The zero-order valence-corrected chi connectivity index (χ0v) is 11.5. The fourth-order valence-corrected chi connectivity index (χ4v) is 1.49. The maximum absolute atomic E-state index is 13.1. The van der Waals surface area contributed by atoms with Crippen molar-refractivity contribution in [1.29, 1.82) is 0 Å². The van der Waals surface area contributed by atoms with Crippen LogP contribution in [-0.2, 0) is 6.54 Å². The number of hydrogen-bond donors (Lipinski definition) is 1. The van der Waals surface area contributed by atoms with E-state index in [0.29, 0.717) is 5.56 Å². The van der Waals surface area contributed by atoms with Gasteiger partial charge < -0.3 is 10.2 Å². The summed E-state index contributed by atoms with van der Waals surface area (Å²) in [4.78, 5) is 2.19. The van der Waals surface area contributed by atoms with Crippen molar-refractivity contribution in [2.75, 3.05) is 20.6 Å². The van der Waals surface area contributed by atoms with Crippen molar-refractivity contribution in [3.8, 4) is 0 Å². The Morgan fingerprint density at radius 3 is 2.47 bits per heavy atom. The minimum Gasteiger partial charge on any atom is -0.311 e. The van der Waals surface area contributed by atoms with E-state index in [1.54, 1.807) is 6.92 Å². The molecule has 0 saturated heterocycles. The monoisotopic (exact) mass is 238 g/mol. The molecule has 17 heavy (non-hydrogen) atoms. The standard InChI is InChI=1S/C14H23FN2/c1-11-8-12(6-7-13(11)15)9-16-10-14(2,3)17(4)5/h6-8,16H,9-10H2,1-5H3. The van der Waals surface area contributed by atoms with Crippen LogP contribution in [0.1, 0.15) is 25.0 Å². The van der Waals surface area contributed by atoms with Crippen LogP contribution in [0.4, 0.5) is 4.39 Å². The maximum Gasteiger partial charge on any atom is 0.126 e. The molecule has 2 nitrogen and oxygen atoms in total. The Morgan fingerprint density at radius 2 is 1.94 bits per heavy atom. The second kappa shape index (κ2) is 5.61. The van der Waals surface area contributed by atoms with Crippen molar-refractivity contribution >= 4 is 0 Å². The maximum atomic E-state index is 13.1. The molecular formula is C14H23FN2. The third kappa shape index (κ3) is 4.10. The van der Waals surface area contributed by atoms with E-state index in [4.69, 9.17) is 0 Å². The van der Waals surface area contributed by atoms with Gasteiger partial charge in [-0.25, -0.2) is 4.39 Å². The normalized spacial score (nSPS) is 12.2. The second-order valence-corrected chi connectivity index (χ2v) is 5.39. The van der Waals surface area contributed by atoms with Gasteiger partial charge >= 0.3 is 0 Å². The minimum atomic E-state index is -0.137. The van der Waals surface area contributed by atoms with Crippen LogP contribution in [0, 0.1) is 12.7 Å². The Balaban J connectivity index is 2.49. The third-order valence-electron chi connectivity index (χ3n) is 3.32. The van der Waals surface area contributed by atoms with Crippen LogP contribution >= 0.6 is 0 Å². The first-order chi connectivity index (χ1) is 7.83. The Hall–Kier alpha value is -0.930. The average Bonchev–Trinajstić information content (AvgIpc) is 2.23. The summed E-state index contributed by atoms with van der Waals surface area (Å²) in [5.41, 5.74) is 1.95. The fraction of sp³-hybridized carbons (Fsp3) is 0.571. The zero-order valence-electron chi connectivity index (χ0n) is 11.5. The lowest BCUT2D eigenvalue weighted by atomic mass is 10.0. The zero-order chi connectivity index (χ0) is 13.1. The predicted octanol–water partition coefficient (Wildman–Crippen LogP) is 2.56. The molecule has 0 aliphatic rings. The summed E-state index contributed by atoms with van der Waals surface area (Å²) >= 11 is 0. The molecular weight excluding hydrogens is 215 g/mol. The van der Waals surface area contributed by atoms with Gasteiger partial charge in [0.15, 0.2) is 0 Å². The van der Waals surface area contributed by atoms with Crippen molar-refractivity contribution in [2.45, 2.75) is 32.9 Å². The van der Waals surface area contributed by atoms with E-state index in [9.17, 15) is 4.39 Å². The molecule has 96 valence electrons. The van der Waals surface area contributed by atoms with E-state index < -0.39 is 0 Å². The van der Waals surface area contributed by atoms with Gasteiger partial charge in [-0.05, 0) is 52.1 Å². The quantitative estimate of drug-likeness (QED) is 0.848. The van der Waals surface area contributed by atoms with Crippen molar-refractivity contribution in [2.24, 2.45) is 0 Å². The van der Waals surface area contributed by atoms with Crippen LogP contribution in [-0.4, -0.2) is 31.1 Å². The van der Waals surface area contributed by atoms with Crippen molar-refractivity contribution in [3.05, 3.63) is 35.1 Å². The number of halogens is 1. The summed E-state index contributed by atoms with van der Waals surface area (Å²) in [6.07, 6.45) is 0. The number of rotatable bonds is 5. The summed E-state index contributed by atoms with van der Waals surface area (Å²) in [5, 5.41) is 3.41. The van der Waals surface area contributed by atoms with Gasteiger partial charge in [0.25, 0.3) is 0 Å². The van der Waals surface area contributed by atoms with Crippen LogP contribution in [0.3, 0.4) is 0 Å². The minimum absolute atomic E-state index is 0.120. The lowest BCUT2D eigenvalue weighted by molar-refractivity contribution is 0.190. The molecule has 0 aliphatic carbocycles. The first kappa shape index (κ1) is 14.1. The molecule has 1 aromatic rings. The van der Waals surface area contributed by atoms with Gasteiger partial charge in [-0.1, -0.05) is 12.1 Å². The molecule has 0 bridgehead atoms. The van der Waals surface area contributed by atoms with Crippen molar-refractivity contribution in [3.63, 3.8) is 0 Å². The summed E-state index contributed by atoms with van der Waals surface area (Å²) in [6, 6.07) is 5.26. The number of nitrogens with one attached hydrogen (secondary N) is 1. The highest BCUT2D eigenvalue weighted by molar-refractivity contribution is 5.23. The molecule has 0 unspecified atom stereocenters. The number of hydrogen-bond acceptors (Lipinski definition) is 2. The molecule has 0 heterocycles. The molecule has 1 aromatic carbocycles. The summed E-state index contributed by atoms with van der Waals surface area (Å²) in [6.45, 7) is 7.85. The fourth-order valence-electron chi connectivity index (χ4n) is 1.49. The molecule has 0 amide bonds. The van der Waals surface area contributed by atoms with E-state index in [-0.39, 0.29) is 11.4 Å². The Morgan fingerprint density at radius 1 is 1.29 bits per heavy atom. The highest BCUT2D eigenvalue weighted by atomic mass is 19.1. The highest BCUT2D eigenvalue weighted by Crippen LogP contribution is 2.11. The molecule has 0 spiro atoms. The van der Waals surface area contributed by atoms with Gasteiger partial charge in [0, 0.05) is 18.6 Å². The molecule has 0 aliphatic heterocycles. The molecule has 3 heteroatoms. The number of nitrogens with zero attached hydrogens (tertiary/aromatic N) is 1. The van der Waals surface area contributed by atoms with Crippen LogP contribution in [0.2, 0.25) is 0 Å². The average molecular weight is 238 g/mol. The van der Waals surface area contributed by atoms with Gasteiger partial charge in [-0.15, -0.1) is 0 Å². The van der Waals surface area contributed by atoms with Crippen LogP contribution < -0.4 is 5.32 Å². The Kier molecular flexibility index (Phi) is 4.66. The van der Waals surface area contributed by atoms with E-state index in [0.717, 1.165) is 18.7 Å². The SMILES string of the molecule is Cc1cc(CNCC(C)(C)N(C)C)ccc1F. The summed E-state index contributed by atoms with van der Waals surface area (Å²) < 4.78 is 13.1. The van der Waals surface area contributed by atoms with Gasteiger partial charge in [0.1, 0.15) is 5.82 Å². The second-order valence-electron chi connectivity index (χ2n) is 5.39. The summed E-state index contributed by atoms with van der Waals surface area (Å²) in [7, 11) is 4.15. The molecule has 1 rings (SSSR count). The van der Waals surface area contributed by atoms with Crippen LogP contribution in [0.5, 0.6) is 0 Å². The molecule has 0 fully saturated rings. The first-order valence-corrected chi connectivity index (χ1v) is 5.96. The van der Waals surface area contributed by atoms with Crippen molar-refractivity contribution < 1.29 is 4.39 Å². The van der Waals surface area contributed by atoms with Gasteiger partial charge in [-0.2, -0.15) is 0 Å². The highest BCUT2D eigenvalue weighted by Gasteiger charge is 2.19. The topological polar surface area (TPSA) is 15.3 Å². The van der Waals surface area contributed by atoms with Gasteiger partial charge in [0.2, 0.25) is 0 Å². The Labute approximate surface area is 104 Å². The number of benzene rings is 1. The molecule has 0 radical (unpaired) electrons. The summed E-state index contributed by atoms with van der Waals surface area (Å²) in [5.74, 6) is -0.137. The van der Waals surface area contributed by atoms with E-state index in [2.05, 4.69) is 38.2 Å². The molecule has 1 N–H and O–H groups in total. The van der Waals surface area contributed by atoms with Crippen molar-refractivity contribution in [1.82, 2.24) is 10.2 Å². The number of likely N-dealkylation sites (N-methyl/N-ethyl adjacent to an activating group) is 1. The lowest BCUT2D eigenvalue weighted by Crippen LogP contribution is -2.46. The molecule has 0 saturated carbocycles. The smallest absolute Gasteiger partial charge is 0.126 e. The molecule has 0 atom stereocenters. The third-order valence-corrected chi connectivity index (χ3v) is 3.32. The van der Waals surface area contributed by atoms with Crippen LogP contribution in [0.25, 0.3) is 0 Å². The van der Waals surface area contributed by atoms with Crippen LogP contribution in [0.15, 0.2) is 18.2 Å². The van der Waals surface area contributed by atoms with Gasteiger partial charge in [-0.3, -0.25) is 0 Å². The van der Waals surface area contributed by atoms with E-state index in [1.807, 2.05) is 12.1 Å². The van der Waals surface area contributed by atoms with Gasteiger partial charge in [0.05, 0.1) is 0 Å². The molecule has 0 aromatic heterocycles. The number of aryl methyl sites for hydroxylation is 1.